The quantitative estimate of drug-likeness (QED) is 0.173. The minimum atomic E-state index is -5.13. The molecule has 1 aromatic carbocycles. The predicted octanol–water partition coefficient (Wildman–Crippen LogP) is 3.84. The largest absolute Gasteiger partial charge is 0.419 e. The van der Waals surface area contributed by atoms with Crippen LogP contribution >= 0.6 is 0 Å². The van der Waals surface area contributed by atoms with E-state index >= 15 is 0 Å². The number of unbranched alkanes of at least 4 members (excludes halogenated alkanes) is 4. The van der Waals surface area contributed by atoms with Gasteiger partial charge in [-0.2, -0.15) is 13.2 Å². The highest BCUT2D eigenvalue weighted by Crippen LogP contribution is 2.41. The van der Waals surface area contributed by atoms with Crippen LogP contribution in [0.3, 0.4) is 0 Å². The molecule has 8 nitrogen and oxygen atoms in total. The Bertz CT molecular complexity index is 886. The molecular formula is C21H26F3N3O5. The van der Waals surface area contributed by atoms with Crippen molar-refractivity contribution in [3.63, 3.8) is 0 Å². The van der Waals surface area contributed by atoms with Crippen molar-refractivity contribution in [2.45, 2.75) is 70.5 Å². The minimum absolute atomic E-state index is 0.0256. The molecule has 1 aliphatic rings. The van der Waals surface area contributed by atoms with Gasteiger partial charge >= 0.3 is 6.18 Å². The number of Topliss-reactive ketones (excluding diaryl/α,β-unsaturated/α-hetero) is 2. The van der Waals surface area contributed by atoms with Crippen LogP contribution in [0.2, 0.25) is 0 Å². The first-order chi connectivity index (χ1) is 15.1. The lowest BCUT2D eigenvalue weighted by atomic mass is 9.93. The second kappa shape index (κ2) is 11.1. The summed E-state index contributed by atoms with van der Waals surface area (Å²) >= 11 is 0. The van der Waals surface area contributed by atoms with E-state index in [-0.39, 0.29) is 19.3 Å². The van der Waals surface area contributed by atoms with Crippen LogP contribution in [0.15, 0.2) is 12.1 Å². The Morgan fingerprint density at radius 1 is 1.12 bits per heavy atom. The average molecular weight is 457 g/mol. The molecular weight excluding hydrogens is 431 g/mol. The summed E-state index contributed by atoms with van der Waals surface area (Å²) in [4.78, 5) is 49.1. The van der Waals surface area contributed by atoms with Crippen molar-refractivity contribution in [2.24, 2.45) is 0 Å². The van der Waals surface area contributed by atoms with Crippen molar-refractivity contribution in [3.8, 4) is 0 Å². The molecule has 11 heteroatoms. The van der Waals surface area contributed by atoms with Crippen LogP contribution in [0.5, 0.6) is 0 Å². The second-order valence-corrected chi connectivity index (χ2v) is 7.58. The fraction of sp³-hybridized carbons (Fsp3) is 0.524. The second-order valence-electron chi connectivity index (χ2n) is 7.58. The summed E-state index contributed by atoms with van der Waals surface area (Å²) in [5.74, 6) is -3.84. The van der Waals surface area contributed by atoms with E-state index in [9.17, 15) is 32.3 Å². The van der Waals surface area contributed by atoms with E-state index < -0.39 is 58.1 Å². The van der Waals surface area contributed by atoms with Gasteiger partial charge in [-0.1, -0.05) is 32.6 Å². The van der Waals surface area contributed by atoms with Crippen LogP contribution in [-0.4, -0.2) is 34.6 Å². The number of rotatable bonds is 11. The van der Waals surface area contributed by atoms with E-state index in [1.54, 1.807) is 0 Å². The number of nitrogens with one attached hydrogen (secondary N) is 3. The summed E-state index contributed by atoms with van der Waals surface area (Å²) in [5, 5.41) is 13.7. The summed E-state index contributed by atoms with van der Waals surface area (Å²) in [6.07, 6.45) is -0.925. The molecule has 0 aromatic heterocycles. The zero-order chi connectivity index (χ0) is 23.9. The molecule has 0 aliphatic carbocycles. The average Bonchev–Trinajstić information content (AvgIpc) is 3.17. The van der Waals surface area contributed by atoms with E-state index in [1.165, 1.54) is 5.48 Å². The van der Waals surface area contributed by atoms with E-state index in [1.807, 2.05) is 6.92 Å². The van der Waals surface area contributed by atoms with Gasteiger partial charge in [0.05, 0.1) is 28.5 Å². The van der Waals surface area contributed by atoms with Crippen LogP contribution in [0, 0.1) is 0 Å². The number of alkyl halides is 3. The maximum atomic E-state index is 13.8. The van der Waals surface area contributed by atoms with Crippen molar-refractivity contribution in [1.29, 1.82) is 0 Å². The van der Waals surface area contributed by atoms with E-state index in [0.717, 1.165) is 37.8 Å². The molecule has 176 valence electrons. The zero-order valence-corrected chi connectivity index (χ0v) is 17.6. The first kappa shape index (κ1) is 25.3. The molecule has 1 heterocycles. The van der Waals surface area contributed by atoms with Gasteiger partial charge < -0.3 is 10.6 Å². The SMILES string of the molecule is CCCCCCCC(=O)Nc1ccc(NO)c(C(F)(F)F)c1C(=O)C(=O)[C@H]1CCC(=O)N1. The third kappa shape index (κ3) is 6.28. The standard InChI is InChI=1S/C21H26F3N3O5/c1-2-3-4-5-6-7-15(28)25-12-8-9-13(27-32)18(21(22,23)24)17(12)20(31)19(30)14-10-11-16(29)26-14/h8-9,14,27,32H,2-7,10-11H2,1H3,(H,25,28)(H,26,29)/t14-/m1/s1. The van der Waals surface area contributed by atoms with Crippen molar-refractivity contribution in [1.82, 2.24) is 5.32 Å². The molecule has 0 bridgehead atoms. The lowest BCUT2D eigenvalue weighted by Gasteiger charge is -2.20. The monoisotopic (exact) mass is 457 g/mol. The molecule has 1 saturated heterocycles. The number of hydrogen-bond donors (Lipinski definition) is 4. The first-order valence-electron chi connectivity index (χ1n) is 10.4. The van der Waals surface area contributed by atoms with Gasteiger partial charge in [-0.15, -0.1) is 0 Å². The van der Waals surface area contributed by atoms with E-state index in [2.05, 4.69) is 10.6 Å². The van der Waals surface area contributed by atoms with Gasteiger partial charge in [-0.3, -0.25) is 29.9 Å². The number of halogens is 3. The van der Waals surface area contributed by atoms with E-state index in [4.69, 9.17) is 5.21 Å². The lowest BCUT2D eigenvalue weighted by molar-refractivity contribution is -0.137. The Labute approximate surface area is 182 Å². The fourth-order valence-corrected chi connectivity index (χ4v) is 3.52. The van der Waals surface area contributed by atoms with Crippen LogP contribution < -0.4 is 16.1 Å². The Balaban J connectivity index is 2.37. The highest BCUT2D eigenvalue weighted by molar-refractivity contribution is 6.47. The van der Waals surface area contributed by atoms with Crippen molar-refractivity contribution < 1.29 is 37.6 Å². The zero-order valence-electron chi connectivity index (χ0n) is 17.6. The highest BCUT2D eigenvalue weighted by Gasteiger charge is 2.43. The number of amides is 2. The van der Waals surface area contributed by atoms with Gasteiger partial charge in [0.25, 0.3) is 0 Å². The van der Waals surface area contributed by atoms with Gasteiger partial charge in [0.1, 0.15) is 0 Å². The van der Waals surface area contributed by atoms with Crippen molar-refractivity contribution >= 4 is 34.8 Å². The normalized spacial score (nSPS) is 15.9. The molecule has 0 radical (unpaired) electrons. The molecule has 2 rings (SSSR count). The number of ketones is 2. The summed E-state index contributed by atoms with van der Waals surface area (Å²) in [6, 6.07) is 0.610. The summed E-state index contributed by atoms with van der Waals surface area (Å²) < 4.78 is 41.4. The number of carbonyl (C=O) groups is 4. The Morgan fingerprint density at radius 2 is 1.78 bits per heavy atom. The maximum absolute atomic E-state index is 13.8. The van der Waals surface area contributed by atoms with Gasteiger partial charge in [-0.05, 0) is 25.0 Å². The molecule has 32 heavy (non-hydrogen) atoms. The predicted molar refractivity (Wildman–Crippen MR) is 109 cm³/mol. The molecule has 1 aliphatic heterocycles. The molecule has 1 fully saturated rings. The highest BCUT2D eigenvalue weighted by atomic mass is 19.4. The summed E-state index contributed by atoms with van der Waals surface area (Å²) in [7, 11) is 0. The minimum Gasteiger partial charge on any atom is -0.346 e. The molecule has 0 unspecified atom stereocenters. The van der Waals surface area contributed by atoms with Crippen LogP contribution in [0.1, 0.15) is 74.2 Å². The molecule has 0 spiro atoms. The smallest absolute Gasteiger partial charge is 0.346 e. The molecule has 0 saturated carbocycles. The first-order valence-corrected chi connectivity index (χ1v) is 10.4. The molecule has 4 N–H and O–H groups in total. The van der Waals surface area contributed by atoms with Crippen molar-refractivity contribution in [3.05, 3.63) is 23.3 Å². The number of carbonyl (C=O) groups excluding carboxylic acids is 4. The van der Waals surface area contributed by atoms with Gasteiger partial charge in [0.15, 0.2) is 0 Å². The van der Waals surface area contributed by atoms with Gasteiger partial charge in [0.2, 0.25) is 23.4 Å². The Hall–Kier alpha value is -2.95. The van der Waals surface area contributed by atoms with Crippen molar-refractivity contribution in [2.75, 3.05) is 10.8 Å². The maximum Gasteiger partial charge on any atom is 0.419 e. The van der Waals surface area contributed by atoms with Gasteiger partial charge in [-0.25, -0.2) is 0 Å². The van der Waals surface area contributed by atoms with Gasteiger partial charge in [0, 0.05) is 12.8 Å². The number of anilines is 2. The third-order valence-corrected chi connectivity index (χ3v) is 5.15. The number of benzene rings is 1. The molecule has 2 amide bonds. The third-order valence-electron chi connectivity index (χ3n) is 5.15. The number of hydrogen-bond acceptors (Lipinski definition) is 6. The molecule has 1 atom stereocenters. The summed E-state index contributed by atoms with van der Waals surface area (Å²) in [6.45, 7) is 2.03. The molecule has 1 aromatic rings. The fourth-order valence-electron chi connectivity index (χ4n) is 3.52. The van der Waals surface area contributed by atoms with Crippen LogP contribution in [-0.2, 0) is 20.6 Å². The summed E-state index contributed by atoms with van der Waals surface area (Å²) in [5.41, 5.74) is -2.61. The topological polar surface area (TPSA) is 125 Å². The van der Waals surface area contributed by atoms with E-state index in [0.29, 0.717) is 6.42 Å². The van der Waals surface area contributed by atoms with Crippen LogP contribution in [0.4, 0.5) is 24.5 Å². The lowest BCUT2D eigenvalue weighted by Crippen LogP contribution is -2.38. The Morgan fingerprint density at radius 3 is 2.34 bits per heavy atom. The van der Waals surface area contributed by atoms with Crippen LogP contribution in [0.25, 0.3) is 0 Å². The Kier molecular flexibility index (Phi) is 8.76.